The van der Waals surface area contributed by atoms with Crippen LogP contribution in [-0.2, 0) is 9.47 Å². The summed E-state index contributed by atoms with van der Waals surface area (Å²) in [6.07, 6.45) is 3.39. The fourth-order valence-corrected chi connectivity index (χ4v) is 4.64. The number of carbonyl (C=O) groups excluding carboxylic acids is 3. The number of hydrogen-bond acceptors (Lipinski definition) is 8. The maximum absolute atomic E-state index is 11.8. The molecule has 6 aromatic rings. The second-order valence-corrected chi connectivity index (χ2v) is 11.8. The van der Waals surface area contributed by atoms with Gasteiger partial charge in [0.2, 0.25) is 0 Å². The first kappa shape index (κ1) is 48.3. The third kappa shape index (κ3) is 18.4. The van der Waals surface area contributed by atoms with Gasteiger partial charge in [0.15, 0.2) is 17.3 Å². The zero-order chi connectivity index (χ0) is 41.1. The van der Waals surface area contributed by atoms with Crippen LogP contribution in [0.15, 0.2) is 200 Å². The van der Waals surface area contributed by atoms with E-state index in [0.29, 0.717) is 46.6 Å². The Bertz CT molecular complexity index is 1910. The largest absolute Gasteiger partial charge is 3.00 e. The molecule has 6 aromatic carbocycles. The molecule has 0 aliphatic heterocycles. The fraction of sp³-hybridized carbons (Fsp3) is 0.0816. The average Bonchev–Trinajstić information content (AvgIpc) is 3.28. The van der Waals surface area contributed by atoms with Gasteiger partial charge in [0.25, 0.3) is 0 Å². The van der Waals surface area contributed by atoms with Gasteiger partial charge >= 0.3 is 38.6 Å². The van der Waals surface area contributed by atoms with E-state index < -0.39 is 0 Å². The number of carbonyl (C=O) groups is 3. The van der Waals surface area contributed by atoms with E-state index in [1.807, 2.05) is 36.4 Å². The van der Waals surface area contributed by atoms with Crippen LogP contribution >= 0.6 is 0 Å². The van der Waals surface area contributed by atoms with Crippen LogP contribution in [0.2, 0.25) is 0 Å². The molecule has 9 heteroatoms. The van der Waals surface area contributed by atoms with Crippen LogP contribution in [0, 0.1) is 38.6 Å². The second-order valence-electron chi connectivity index (χ2n) is 11.8. The van der Waals surface area contributed by atoms with E-state index >= 15 is 0 Å². The average molecular weight is 919 g/mol. The van der Waals surface area contributed by atoms with E-state index in [-0.39, 0.29) is 73.2 Å². The molecule has 0 unspecified atom stereocenters. The Labute approximate surface area is 370 Å². The molecule has 0 saturated heterocycles. The zero-order valence-corrected chi connectivity index (χ0v) is 34.2. The van der Waals surface area contributed by atoms with Gasteiger partial charge in [0, 0.05) is 30.9 Å². The van der Waals surface area contributed by atoms with Crippen LogP contribution < -0.4 is 15.3 Å². The number of ether oxygens (including phenoxy) is 2. The topological polar surface area (TPSA) is 139 Å². The maximum atomic E-state index is 11.8. The van der Waals surface area contributed by atoms with Crippen molar-refractivity contribution in [2.24, 2.45) is 0 Å². The van der Waals surface area contributed by atoms with Crippen LogP contribution in [0.25, 0.3) is 17.3 Å². The number of ketones is 3. The van der Waals surface area contributed by atoms with Gasteiger partial charge in [0.1, 0.15) is 0 Å². The third-order valence-corrected chi connectivity index (χ3v) is 7.63. The minimum atomic E-state index is -0.264. The van der Waals surface area contributed by atoms with Crippen LogP contribution in [-0.4, -0.2) is 44.8 Å². The van der Waals surface area contributed by atoms with Crippen LogP contribution in [0.4, 0.5) is 0 Å². The van der Waals surface area contributed by atoms with E-state index in [1.165, 1.54) is 0 Å². The molecule has 0 heterocycles. The first-order chi connectivity index (χ1) is 27.7. The molecule has 0 N–H and O–H groups in total. The Morgan fingerprint density at radius 2 is 0.534 bits per heavy atom. The van der Waals surface area contributed by atoms with Crippen molar-refractivity contribution in [1.82, 2.24) is 0 Å². The SMILES string of the molecule is COCCOC.O=C(/C=C(\[O-])c1ccccc1)c1ccccc1.O=C(/C=C(\[O-])c1ccccc1)c1ccccc1.O=C(/C=C(\[O-])c1ccccc1)c1ccccc1.[Tb+3]. The molecule has 58 heavy (non-hydrogen) atoms. The smallest absolute Gasteiger partial charge is 0.872 e. The van der Waals surface area contributed by atoms with E-state index in [9.17, 15) is 29.7 Å². The summed E-state index contributed by atoms with van der Waals surface area (Å²) in [5.41, 5.74) is 3.15. The van der Waals surface area contributed by atoms with Gasteiger partial charge in [-0.2, -0.15) is 0 Å². The van der Waals surface area contributed by atoms with E-state index in [0.717, 1.165) is 18.2 Å². The molecule has 8 nitrogen and oxygen atoms in total. The molecule has 0 bridgehead atoms. The van der Waals surface area contributed by atoms with Crippen molar-refractivity contribution < 1.29 is 77.8 Å². The minimum absolute atomic E-state index is 0. The monoisotopic (exact) mass is 918 g/mol. The summed E-state index contributed by atoms with van der Waals surface area (Å²) in [5, 5.41) is 35.3. The Morgan fingerprint density at radius 3 is 0.707 bits per heavy atom. The number of rotatable bonds is 12. The summed E-state index contributed by atoms with van der Waals surface area (Å²) in [6, 6.07) is 52.5. The van der Waals surface area contributed by atoms with Gasteiger partial charge in [-0.25, -0.2) is 0 Å². The molecule has 6 rings (SSSR count). The van der Waals surface area contributed by atoms with Crippen molar-refractivity contribution in [3.63, 3.8) is 0 Å². The number of hydrogen-bond donors (Lipinski definition) is 0. The van der Waals surface area contributed by atoms with Crippen molar-refractivity contribution in [3.05, 3.63) is 234 Å². The number of methoxy groups -OCH3 is 2. The fourth-order valence-electron chi connectivity index (χ4n) is 4.64. The molecule has 0 aliphatic carbocycles. The van der Waals surface area contributed by atoms with E-state index in [2.05, 4.69) is 9.47 Å². The molecular formula is C49H43O8Tb. The molecule has 0 atom stereocenters. The van der Waals surface area contributed by atoms with Gasteiger partial charge in [-0.1, -0.05) is 199 Å². The standard InChI is InChI=1S/3C15H12O2.C4H10O2.Tb/c3*16-14(12-7-3-1-4-8-12)11-15(17)13-9-5-2-6-10-13;1-5-3-4-6-2;/h3*1-11,16H;3-4H2,1-2H3;/q;;;;+3/p-3/b3*14-11-;;. The zero-order valence-electron chi connectivity index (χ0n) is 32.1. The molecule has 0 aromatic heterocycles. The van der Waals surface area contributed by atoms with E-state index in [4.69, 9.17) is 0 Å². The van der Waals surface area contributed by atoms with Gasteiger partial charge in [-0.3, -0.25) is 14.4 Å². The first-order valence-corrected chi connectivity index (χ1v) is 17.8. The summed E-state index contributed by atoms with van der Waals surface area (Å²) in [4.78, 5) is 35.3. The molecule has 0 amide bonds. The van der Waals surface area contributed by atoms with E-state index in [1.54, 1.807) is 160 Å². The molecule has 0 radical (unpaired) electrons. The minimum Gasteiger partial charge on any atom is -0.872 e. The third-order valence-electron chi connectivity index (χ3n) is 7.63. The molecular weight excluding hydrogens is 875 g/mol. The second kappa shape index (κ2) is 28.5. The predicted molar refractivity (Wildman–Crippen MR) is 219 cm³/mol. The normalized spacial score (nSPS) is 10.8. The summed E-state index contributed by atoms with van der Waals surface area (Å²) in [7, 11) is 3.30. The Morgan fingerprint density at radius 1 is 0.362 bits per heavy atom. The summed E-state index contributed by atoms with van der Waals surface area (Å²) < 4.78 is 9.31. The quantitative estimate of drug-likeness (QED) is 0.0549. The van der Waals surface area contributed by atoms with Crippen LogP contribution in [0.3, 0.4) is 0 Å². The van der Waals surface area contributed by atoms with Crippen LogP contribution in [0.5, 0.6) is 0 Å². The summed E-state index contributed by atoms with van der Waals surface area (Å²) in [5.74, 6) is -1.59. The van der Waals surface area contributed by atoms with Crippen molar-refractivity contribution in [2.45, 2.75) is 0 Å². The number of benzene rings is 6. The summed E-state index contributed by atoms with van der Waals surface area (Å²) in [6.45, 7) is 1.38. The first-order valence-electron chi connectivity index (χ1n) is 17.8. The van der Waals surface area contributed by atoms with Crippen molar-refractivity contribution >= 4 is 34.6 Å². The molecule has 0 spiro atoms. The Balaban J connectivity index is 0.000000278. The van der Waals surface area contributed by atoms with Gasteiger partial charge in [-0.05, 0) is 34.9 Å². The van der Waals surface area contributed by atoms with Crippen molar-refractivity contribution in [2.75, 3.05) is 27.4 Å². The summed E-state index contributed by atoms with van der Waals surface area (Å²) >= 11 is 0. The number of allylic oxidation sites excluding steroid dienone is 3. The van der Waals surface area contributed by atoms with Crippen molar-refractivity contribution in [1.29, 1.82) is 0 Å². The Hall–Kier alpha value is -5.84. The van der Waals surface area contributed by atoms with Gasteiger partial charge in [0.05, 0.1) is 13.2 Å². The molecule has 0 aliphatic rings. The Kier molecular flexibility index (Phi) is 23.8. The van der Waals surface area contributed by atoms with Gasteiger partial charge in [-0.15, -0.1) is 0 Å². The molecule has 0 fully saturated rings. The van der Waals surface area contributed by atoms with Gasteiger partial charge < -0.3 is 24.8 Å². The van der Waals surface area contributed by atoms with Crippen LogP contribution in [0.1, 0.15) is 47.8 Å². The molecule has 0 saturated carbocycles. The molecule has 296 valence electrons. The maximum Gasteiger partial charge on any atom is 3.00 e. The predicted octanol–water partition coefficient (Wildman–Crippen LogP) is 7.09. The van der Waals surface area contributed by atoms with Crippen molar-refractivity contribution in [3.8, 4) is 0 Å².